The van der Waals surface area contributed by atoms with Crippen molar-refractivity contribution in [1.29, 1.82) is 0 Å². The SMILES string of the molecule is CC(C)(C)c1ccc(C(=O)c2ccc([N+](=O)[O-])o2)cc1. The molecule has 0 bridgehead atoms. The van der Waals surface area contributed by atoms with Gasteiger partial charge in [-0.3, -0.25) is 14.9 Å². The molecule has 104 valence electrons. The molecule has 0 atom stereocenters. The molecular formula is C15H15NO4. The highest BCUT2D eigenvalue weighted by molar-refractivity contribution is 6.07. The predicted molar refractivity (Wildman–Crippen MR) is 73.9 cm³/mol. The molecule has 1 aromatic heterocycles. The zero-order valence-corrected chi connectivity index (χ0v) is 11.5. The molecule has 0 aliphatic heterocycles. The Balaban J connectivity index is 2.27. The van der Waals surface area contributed by atoms with E-state index in [-0.39, 0.29) is 17.0 Å². The predicted octanol–water partition coefficient (Wildman–Crippen LogP) is 3.72. The van der Waals surface area contributed by atoms with Gasteiger partial charge in [-0.1, -0.05) is 45.0 Å². The van der Waals surface area contributed by atoms with Gasteiger partial charge in [0.05, 0.1) is 6.07 Å². The Morgan fingerprint density at radius 3 is 2.15 bits per heavy atom. The highest BCUT2D eigenvalue weighted by atomic mass is 16.6. The van der Waals surface area contributed by atoms with E-state index in [2.05, 4.69) is 20.8 Å². The normalized spacial score (nSPS) is 11.3. The number of rotatable bonds is 3. The van der Waals surface area contributed by atoms with Crippen molar-refractivity contribution in [3.05, 3.63) is 63.4 Å². The fraction of sp³-hybridized carbons (Fsp3) is 0.267. The highest BCUT2D eigenvalue weighted by Gasteiger charge is 2.19. The van der Waals surface area contributed by atoms with Gasteiger partial charge in [-0.15, -0.1) is 0 Å². The fourth-order valence-electron chi connectivity index (χ4n) is 1.81. The summed E-state index contributed by atoms with van der Waals surface area (Å²) in [6.45, 7) is 6.25. The van der Waals surface area contributed by atoms with Gasteiger partial charge in [0.15, 0.2) is 5.76 Å². The largest absolute Gasteiger partial charge is 0.433 e. The van der Waals surface area contributed by atoms with Crippen LogP contribution in [-0.2, 0) is 5.41 Å². The number of carbonyl (C=O) groups excluding carboxylic acids is 1. The van der Waals surface area contributed by atoms with E-state index in [4.69, 9.17) is 4.42 Å². The molecule has 2 rings (SSSR count). The summed E-state index contributed by atoms with van der Waals surface area (Å²) >= 11 is 0. The van der Waals surface area contributed by atoms with Crippen molar-refractivity contribution in [3.63, 3.8) is 0 Å². The Morgan fingerprint density at radius 2 is 1.70 bits per heavy atom. The van der Waals surface area contributed by atoms with Crippen LogP contribution >= 0.6 is 0 Å². The number of nitro groups is 1. The molecule has 0 saturated carbocycles. The minimum absolute atomic E-state index is 0.00501. The van der Waals surface area contributed by atoms with Crippen LogP contribution in [0, 0.1) is 10.1 Å². The molecule has 5 nitrogen and oxygen atoms in total. The summed E-state index contributed by atoms with van der Waals surface area (Å²) in [5.74, 6) is -0.821. The number of furan rings is 1. The quantitative estimate of drug-likeness (QED) is 0.485. The third-order valence-corrected chi connectivity index (χ3v) is 3.01. The summed E-state index contributed by atoms with van der Waals surface area (Å²) in [5.41, 5.74) is 1.56. The molecule has 20 heavy (non-hydrogen) atoms. The van der Waals surface area contributed by atoms with Crippen LogP contribution in [0.4, 0.5) is 5.88 Å². The van der Waals surface area contributed by atoms with Gasteiger partial charge in [0.1, 0.15) is 4.92 Å². The molecule has 2 aromatic rings. The van der Waals surface area contributed by atoms with Crippen LogP contribution in [-0.4, -0.2) is 10.7 Å². The minimum Gasteiger partial charge on any atom is -0.397 e. The van der Waals surface area contributed by atoms with Crippen LogP contribution in [0.15, 0.2) is 40.8 Å². The van der Waals surface area contributed by atoms with E-state index in [1.807, 2.05) is 12.1 Å². The number of ketones is 1. The zero-order chi connectivity index (χ0) is 14.9. The van der Waals surface area contributed by atoms with Crippen molar-refractivity contribution in [3.8, 4) is 0 Å². The summed E-state index contributed by atoms with van der Waals surface area (Å²) in [5, 5.41) is 10.5. The van der Waals surface area contributed by atoms with Crippen molar-refractivity contribution < 1.29 is 14.1 Å². The van der Waals surface area contributed by atoms with Gasteiger partial charge >= 0.3 is 5.88 Å². The van der Waals surface area contributed by atoms with E-state index in [0.717, 1.165) is 5.56 Å². The second kappa shape index (κ2) is 4.92. The van der Waals surface area contributed by atoms with Gasteiger partial charge in [-0.25, -0.2) is 0 Å². The minimum atomic E-state index is -0.667. The Morgan fingerprint density at radius 1 is 1.10 bits per heavy atom. The fourth-order valence-corrected chi connectivity index (χ4v) is 1.81. The number of benzene rings is 1. The maximum absolute atomic E-state index is 12.1. The second-order valence-electron chi connectivity index (χ2n) is 5.55. The topological polar surface area (TPSA) is 73.3 Å². The van der Waals surface area contributed by atoms with Crippen molar-refractivity contribution in [2.45, 2.75) is 26.2 Å². The van der Waals surface area contributed by atoms with Crippen molar-refractivity contribution in [1.82, 2.24) is 0 Å². The first-order valence-electron chi connectivity index (χ1n) is 6.18. The lowest BCUT2D eigenvalue weighted by molar-refractivity contribution is -0.402. The van der Waals surface area contributed by atoms with E-state index in [1.54, 1.807) is 12.1 Å². The molecule has 0 N–H and O–H groups in total. The highest BCUT2D eigenvalue weighted by Crippen LogP contribution is 2.24. The first-order valence-corrected chi connectivity index (χ1v) is 6.18. The van der Waals surface area contributed by atoms with Crippen LogP contribution < -0.4 is 0 Å². The summed E-state index contributed by atoms with van der Waals surface area (Å²) in [7, 11) is 0. The Bertz CT molecular complexity index is 647. The summed E-state index contributed by atoms with van der Waals surface area (Å²) < 4.78 is 4.91. The van der Waals surface area contributed by atoms with E-state index >= 15 is 0 Å². The van der Waals surface area contributed by atoms with Crippen LogP contribution in [0.5, 0.6) is 0 Å². The average Bonchev–Trinajstić information content (AvgIpc) is 2.86. The Hall–Kier alpha value is -2.43. The molecule has 1 aromatic carbocycles. The monoisotopic (exact) mass is 273 g/mol. The van der Waals surface area contributed by atoms with E-state index in [0.29, 0.717) is 5.56 Å². The van der Waals surface area contributed by atoms with Crippen LogP contribution in [0.1, 0.15) is 42.5 Å². The standard InChI is InChI=1S/C15H15NO4/c1-15(2,3)11-6-4-10(5-7-11)14(17)12-8-9-13(20-12)16(18)19/h4-9H,1-3H3. The molecular weight excluding hydrogens is 258 g/mol. The molecule has 0 amide bonds. The van der Waals surface area contributed by atoms with E-state index in [1.165, 1.54) is 12.1 Å². The smallest absolute Gasteiger partial charge is 0.397 e. The lowest BCUT2D eigenvalue weighted by Gasteiger charge is -2.18. The molecule has 0 radical (unpaired) electrons. The van der Waals surface area contributed by atoms with Gasteiger partial charge in [0.25, 0.3) is 0 Å². The van der Waals surface area contributed by atoms with Crippen LogP contribution in [0.25, 0.3) is 0 Å². The molecule has 5 heteroatoms. The third kappa shape index (κ3) is 2.77. The Labute approximate surface area is 116 Å². The third-order valence-electron chi connectivity index (χ3n) is 3.01. The molecule has 1 heterocycles. The first kappa shape index (κ1) is 14.0. The summed E-state index contributed by atoms with van der Waals surface area (Å²) in [4.78, 5) is 22.0. The molecule has 0 aliphatic carbocycles. The summed E-state index contributed by atoms with van der Waals surface area (Å²) in [6, 6.07) is 9.67. The van der Waals surface area contributed by atoms with Crippen molar-refractivity contribution >= 4 is 11.7 Å². The van der Waals surface area contributed by atoms with E-state index < -0.39 is 10.8 Å². The van der Waals surface area contributed by atoms with Crippen LogP contribution in [0.2, 0.25) is 0 Å². The number of nitrogens with zero attached hydrogens (tertiary/aromatic N) is 1. The molecule has 0 saturated heterocycles. The van der Waals surface area contributed by atoms with Gasteiger partial charge < -0.3 is 4.42 Å². The molecule has 0 fully saturated rings. The second-order valence-corrected chi connectivity index (χ2v) is 5.55. The van der Waals surface area contributed by atoms with Crippen LogP contribution in [0.3, 0.4) is 0 Å². The first-order chi connectivity index (χ1) is 9.29. The maximum Gasteiger partial charge on any atom is 0.433 e. The lowest BCUT2D eigenvalue weighted by atomic mass is 9.86. The van der Waals surface area contributed by atoms with Crippen molar-refractivity contribution in [2.75, 3.05) is 0 Å². The van der Waals surface area contributed by atoms with Gasteiger partial charge in [0, 0.05) is 5.56 Å². The number of hydrogen-bond donors (Lipinski definition) is 0. The van der Waals surface area contributed by atoms with Gasteiger partial charge in [0.2, 0.25) is 5.78 Å². The van der Waals surface area contributed by atoms with E-state index in [9.17, 15) is 14.9 Å². The number of hydrogen-bond acceptors (Lipinski definition) is 4. The molecule has 0 unspecified atom stereocenters. The van der Waals surface area contributed by atoms with Gasteiger partial charge in [-0.05, 0) is 17.0 Å². The average molecular weight is 273 g/mol. The van der Waals surface area contributed by atoms with Gasteiger partial charge in [-0.2, -0.15) is 0 Å². The maximum atomic E-state index is 12.1. The molecule has 0 spiro atoms. The zero-order valence-electron chi connectivity index (χ0n) is 11.5. The number of carbonyl (C=O) groups is 1. The lowest BCUT2D eigenvalue weighted by Crippen LogP contribution is -2.11. The Kier molecular flexibility index (Phi) is 3.44. The summed E-state index contributed by atoms with van der Waals surface area (Å²) in [6.07, 6.45) is 0. The molecule has 0 aliphatic rings. The van der Waals surface area contributed by atoms with Crippen molar-refractivity contribution in [2.24, 2.45) is 0 Å².